The van der Waals surface area contributed by atoms with Gasteiger partial charge >= 0.3 is 5.97 Å². The van der Waals surface area contributed by atoms with E-state index in [1.165, 1.54) is 6.20 Å². The predicted molar refractivity (Wildman–Crippen MR) is 89.7 cm³/mol. The molecule has 0 fully saturated rings. The number of nitrogens with one attached hydrogen (secondary N) is 1. The number of halogens is 1. The fourth-order valence-electron chi connectivity index (χ4n) is 2.06. The van der Waals surface area contributed by atoms with Crippen molar-refractivity contribution in [3.05, 3.63) is 60.0 Å². The minimum atomic E-state index is -0.453. The van der Waals surface area contributed by atoms with Gasteiger partial charge in [0.05, 0.1) is 18.5 Å². The summed E-state index contributed by atoms with van der Waals surface area (Å²) in [6.07, 6.45) is 5.00. The first kappa shape index (κ1) is 17.6. The normalized spacial score (nSPS) is 10.0. The molecule has 0 aliphatic rings. The Morgan fingerprint density at radius 2 is 2.08 bits per heavy atom. The molecule has 0 aliphatic carbocycles. The largest absolute Gasteiger partial charge is 0.472 e. The Morgan fingerprint density at radius 3 is 2.75 bits per heavy atom. The van der Waals surface area contributed by atoms with E-state index in [0.29, 0.717) is 24.7 Å². The van der Waals surface area contributed by atoms with E-state index in [9.17, 15) is 4.79 Å². The van der Waals surface area contributed by atoms with Gasteiger partial charge in [-0.25, -0.2) is 14.6 Å². The van der Waals surface area contributed by atoms with Crippen LogP contribution in [0.4, 0.5) is 0 Å². The maximum Gasteiger partial charge on any atom is 0.345 e. The van der Waals surface area contributed by atoms with Crippen LogP contribution in [0.25, 0.3) is 5.69 Å². The first-order valence-electron chi connectivity index (χ1n) is 7.20. The highest BCUT2D eigenvalue weighted by Crippen LogP contribution is 2.17. The molecule has 0 unspecified atom stereocenters. The second kappa shape index (κ2) is 8.16. The molecule has 0 saturated heterocycles. The van der Waals surface area contributed by atoms with E-state index in [0.717, 1.165) is 11.3 Å². The maximum atomic E-state index is 11.7. The summed E-state index contributed by atoms with van der Waals surface area (Å²) < 4.78 is 12.3. The van der Waals surface area contributed by atoms with E-state index < -0.39 is 5.97 Å². The third-order valence-corrected chi connectivity index (χ3v) is 3.19. The average molecular weight is 349 g/mol. The van der Waals surface area contributed by atoms with E-state index in [-0.39, 0.29) is 12.4 Å². The lowest BCUT2D eigenvalue weighted by atomic mass is 10.2. The molecule has 2 aromatic heterocycles. The van der Waals surface area contributed by atoms with Crippen LogP contribution in [0.5, 0.6) is 5.88 Å². The second-order valence-electron chi connectivity index (χ2n) is 4.74. The number of aromatic amines is 1. The van der Waals surface area contributed by atoms with Crippen molar-refractivity contribution in [1.29, 1.82) is 0 Å². The summed E-state index contributed by atoms with van der Waals surface area (Å²) in [4.78, 5) is 11.7. The van der Waals surface area contributed by atoms with Gasteiger partial charge in [-0.05, 0) is 30.7 Å². The number of hydrogen-bond acceptors (Lipinski definition) is 5. The van der Waals surface area contributed by atoms with Crippen LogP contribution in [-0.4, -0.2) is 32.6 Å². The van der Waals surface area contributed by atoms with Crippen LogP contribution in [0.1, 0.15) is 22.8 Å². The molecule has 0 aliphatic heterocycles. The molecule has 0 spiro atoms. The van der Waals surface area contributed by atoms with Crippen molar-refractivity contribution < 1.29 is 14.3 Å². The minimum absolute atomic E-state index is 0. The Balaban J connectivity index is 0.00000208. The third kappa shape index (κ3) is 3.94. The number of benzene rings is 1. The fourth-order valence-corrected chi connectivity index (χ4v) is 2.06. The Labute approximate surface area is 145 Å². The van der Waals surface area contributed by atoms with Crippen molar-refractivity contribution >= 4 is 18.4 Å². The van der Waals surface area contributed by atoms with Gasteiger partial charge in [-0.3, -0.25) is 0 Å². The highest BCUT2D eigenvalue weighted by Gasteiger charge is 2.16. The van der Waals surface area contributed by atoms with Crippen LogP contribution in [0.15, 0.2) is 48.9 Å². The molecule has 3 rings (SSSR count). The lowest BCUT2D eigenvalue weighted by molar-refractivity contribution is 0.0521. The summed E-state index contributed by atoms with van der Waals surface area (Å²) in [6, 6.07) is 9.65. The van der Waals surface area contributed by atoms with Crippen molar-refractivity contribution in [3.8, 4) is 11.6 Å². The van der Waals surface area contributed by atoms with Crippen molar-refractivity contribution in [2.75, 3.05) is 6.61 Å². The molecule has 2 heterocycles. The van der Waals surface area contributed by atoms with Gasteiger partial charge in [0.25, 0.3) is 0 Å². The third-order valence-electron chi connectivity index (χ3n) is 3.19. The molecule has 126 valence electrons. The molecule has 8 heteroatoms. The van der Waals surface area contributed by atoms with Gasteiger partial charge < -0.3 is 9.47 Å². The minimum Gasteiger partial charge on any atom is -0.472 e. The second-order valence-corrected chi connectivity index (χ2v) is 4.74. The molecule has 7 nitrogen and oxygen atoms in total. The Morgan fingerprint density at radius 1 is 1.29 bits per heavy atom. The Bertz CT molecular complexity index is 769. The van der Waals surface area contributed by atoms with Crippen LogP contribution in [-0.2, 0) is 11.3 Å². The van der Waals surface area contributed by atoms with Crippen molar-refractivity contribution in [1.82, 2.24) is 20.0 Å². The number of nitrogens with zero attached hydrogens (tertiary/aromatic N) is 3. The van der Waals surface area contributed by atoms with Crippen molar-refractivity contribution in [3.63, 3.8) is 0 Å². The molecule has 24 heavy (non-hydrogen) atoms. The number of rotatable bonds is 6. The number of carbonyl (C=O) groups is 1. The SMILES string of the molecule is CCOC(=O)c1cn[nH]c1OCc1ccc(-n2cccn2)cc1.Cl. The molecule has 1 aromatic carbocycles. The molecule has 0 atom stereocenters. The fraction of sp³-hybridized carbons (Fsp3) is 0.188. The Hall–Kier alpha value is -2.80. The van der Waals surface area contributed by atoms with Crippen LogP contribution < -0.4 is 4.74 Å². The van der Waals surface area contributed by atoms with Gasteiger partial charge in [-0.2, -0.15) is 10.2 Å². The van der Waals surface area contributed by atoms with E-state index in [4.69, 9.17) is 9.47 Å². The molecule has 0 amide bonds. The molecule has 1 N–H and O–H groups in total. The van der Waals surface area contributed by atoms with Gasteiger partial charge in [-0.15, -0.1) is 12.4 Å². The van der Waals surface area contributed by atoms with E-state index in [1.54, 1.807) is 17.8 Å². The molecule has 0 bridgehead atoms. The monoisotopic (exact) mass is 348 g/mol. The van der Waals surface area contributed by atoms with Gasteiger partial charge in [-0.1, -0.05) is 12.1 Å². The van der Waals surface area contributed by atoms with Crippen LogP contribution >= 0.6 is 12.4 Å². The van der Waals surface area contributed by atoms with Crippen molar-refractivity contribution in [2.45, 2.75) is 13.5 Å². The molecular weight excluding hydrogens is 332 g/mol. The highest BCUT2D eigenvalue weighted by atomic mass is 35.5. The maximum absolute atomic E-state index is 11.7. The van der Waals surface area contributed by atoms with E-state index in [2.05, 4.69) is 15.3 Å². The van der Waals surface area contributed by atoms with Crippen LogP contribution in [0, 0.1) is 0 Å². The topological polar surface area (TPSA) is 82.0 Å². The summed E-state index contributed by atoms with van der Waals surface area (Å²) >= 11 is 0. The predicted octanol–water partition coefficient (Wildman–Crippen LogP) is 2.77. The zero-order valence-electron chi connectivity index (χ0n) is 13.0. The van der Waals surface area contributed by atoms with Crippen LogP contribution in [0.2, 0.25) is 0 Å². The number of ether oxygens (including phenoxy) is 2. The molecular formula is C16H17ClN4O3. The summed E-state index contributed by atoms with van der Waals surface area (Å²) in [7, 11) is 0. The zero-order chi connectivity index (χ0) is 16.1. The molecule has 0 radical (unpaired) electrons. The lowest BCUT2D eigenvalue weighted by Crippen LogP contribution is -2.06. The zero-order valence-corrected chi connectivity index (χ0v) is 13.8. The Kier molecular flexibility index (Phi) is 5.97. The summed E-state index contributed by atoms with van der Waals surface area (Å²) in [6.45, 7) is 2.37. The van der Waals surface area contributed by atoms with Gasteiger partial charge in [0.15, 0.2) is 0 Å². The quantitative estimate of drug-likeness (QED) is 0.693. The van der Waals surface area contributed by atoms with E-state index in [1.807, 2.05) is 36.5 Å². The lowest BCUT2D eigenvalue weighted by Gasteiger charge is -2.07. The van der Waals surface area contributed by atoms with Crippen molar-refractivity contribution in [2.24, 2.45) is 0 Å². The standard InChI is InChI=1S/C16H16N4O3.ClH/c1-2-22-16(21)14-10-17-19-15(14)23-11-12-4-6-13(7-5-12)20-9-3-8-18-20;/h3-10H,2,11H2,1H3,(H,17,19);1H. The number of esters is 1. The number of aromatic nitrogens is 4. The average Bonchev–Trinajstić information content (AvgIpc) is 3.25. The van der Waals surface area contributed by atoms with E-state index >= 15 is 0 Å². The molecule has 0 saturated carbocycles. The molecule has 3 aromatic rings. The van der Waals surface area contributed by atoms with Gasteiger partial charge in [0, 0.05) is 12.4 Å². The summed E-state index contributed by atoms with van der Waals surface area (Å²) in [5.74, 6) is -0.148. The summed E-state index contributed by atoms with van der Waals surface area (Å²) in [5.41, 5.74) is 2.22. The first-order chi connectivity index (χ1) is 11.3. The van der Waals surface area contributed by atoms with Gasteiger partial charge in [0.2, 0.25) is 5.88 Å². The summed E-state index contributed by atoms with van der Waals surface area (Å²) in [5, 5.41) is 10.7. The van der Waals surface area contributed by atoms with Gasteiger partial charge in [0.1, 0.15) is 12.2 Å². The first-order valence-corrected chi connectivity index (χ1v) is 7.20. The van der Waals surface area contributed by atoms with Crippen LogP contribution in [0.3, 0.4) is 0 Å². The number of H-pyrrole nitrogens is 1. The highest BCUT2D eigenvalue weighted by molar-refractivity contribution is 5.91. The number of carbonyl (C=O) groups excluding carboxylic acids is 1. The number of hydrogen-bond donors (Lipinski definition) is 1. The smallest absolute Gasteiger partial charge is 0.345 e.